The summed E-state index contributed by atoms with van der Waals surface area (Å²) in [4.78, 5) is 1.65. The molecule has 0 fully saturated rings. The van der Waals surface area contributed by atoms with Gasteiger partial charge in [0.25, 0.3) is 0 Å². The Morgan fingerprint density at radius 1 is 1.15 bits per heavy atom. The van der Waals surface area contributed by atoms with Crippen LogP contribution in [-0.4, -0.2) is 30.0 Å². The van der Waals surface area contributed by atoms with Crippen LogP contribution in [0.15, 0.2) is 42.7 Å². The molecule has 0 N–H and O–H groups in total. The average Bonchev–Trinajstić information content (AvgIpc) is 3.09. The van der Waals surface area contributed by atoms with Crippen molar-refractivity contribution in [2.45, 2.75) is 19.4 Å². The molecule has 20 heavy (non-hydrogen) atoms. The monoisotopic (exact) mass is 268 g/mol. The van der Waals surface area contributed by atoms with Gasteiger partial charge in [0.1, 0.15) is 0 Å². The lowest BCUT2D eigenvalue weighted by atomic mass is 10.2. The third-order valence-electron chi connectivity index (χ3n) is 3.07. The molecule has 0 aliphatic carbocycles. The van der Waals surface area contributed by atoms with Crippen LogP contribution in [0, 0.1) is 0 Å². The molecule has 0 unspecified atom stereocenters. The molecule has 1 aromatic carbocycles. The molecule has 0 aliphatic rings. The first kappa shape index (κ1) is 12.5. The molecule has 102 valence electrons. The average molecular weight is 268 g/mol. The van der Waals surface area contributed by atoms with Crippen LogP contribution in [0.3, 0.4) is 0 Å². The van der Waals surface area contributed by atoms with Gasteiger partial charge in [-0.15, -0.1) is 10.2 Å². The van der Waals surface area contributed by atoms with Gasteiger partial charge in [-0.1, -0.05) is 30.3 Å². The van der Waals surface area contributed by atoms with E-state index in [-0.39, 0.29) is 0 Å². The Kier molecular flexibility index (Phi) is 3.54. The van der Waals surface area contributed by atoms with Crippen LogP contribution in [0.1, 0.15) is 12.0 Å². The molecule has 6 nitrogen and oxygen atoms in total. The Morgan fingerprint density at radius 3 is 2.75 bits per heavy atom. The molecule has 0 spiro atoms. The molecule has 0 radical (unpaired) electrons. The molecule has 3 aromatic rings. The van der Waals surface area contributed by atoms with Crippen molar-refractivity contribution in [3.63, 3.8) is 0 Å². The molecule has 0 bridgehead atoms. The molecule has 0 saturated heterocycles. The van der Waals surface area contributed by atoms with Crippen molar-refractivity contribution in [3.05, 3.63) is 48.3 Å². The van der Waals surface area contributed by atoms with Crippen LogP contribution in [0.4, 0.5) is 0 Å². The second-order valence-corrected chi connectivity index (χ2v) is 4.70. The summed E-state index contributed by atoms with van der Waals surface area (Å²) in [5.41, 5.74) is 2.22. The maximum Gasteiger partial charge on any atom is 0.204 e. The van der Waals surface area contributed by atoms with E-state index in [1.165, 1.54) is 5.56 Å². The Morgan fingerprint density at radius 2 is 2.00 bits per heavy atom. The van der Waals surface area contributed by atoms with Gasteiger partial charge < -0.3 is 0 Å². The maximum absolute atomic E-state index is 4.39. The Labute approximate surface area is 117 Å². The fourth-order valence-corrected chi connectivity index (χ4v) is 2.07. The summed E-state index contributed by atoms with van der Waals surface area (Å²) >= 11 is 0. The molecule has 0 saturated carbocycles. The van der Waals surface area contributed by atoms with E-state index in [9.17, 15) is 0 Å². The lowest BCUT2D eigenvalue weighted by Gasteiger charge is -1.97. The van der Waals surface area contributed by atoms with Crippen molar-refractivity contribution in [2.75, 3.05) is 0 Å². The van der Waals surface area contributed by atoms with Crippen molar-refractivity contribution in [1.29, 1.82) is 0 Å². The second kappa shape index (κ2) is 5.64. The number of nitrogens with zero attached hydrogens (tertiary/aromatic N) is 6. The van der Waals surface area contributed by atoms with Gasteiger partial charge >= 0.3 is 0 Å². The third-order valence-corrected chi connectivity index (χ3v) is 3.07. The zero-order valence-corrected chi connectivity index (χ0v) is 11.3. The van der Waals surface area contributed by atoms with Gasteiger partial charge in [0, 0.05) is 18.8 Å². The van der Waals surface area contributed by atoms with E-state index >= 15 is 0 Å². The van der Waals surface area contributed by atoms with E-state index in [2.05, 4.69) is 20.5 Å². The highest BCUT2D eigenvalue weighted by Crippen LogP contribution is 2.12. The van der Waals surface area contributed by atoms with Crippen molar-refractivity contribution < 1.29 is 0 Å². The van der Waals surface area contributed by atoms with E-state index in [0.29, 0.717) is 5.82 Å². The first-order valence-electron chi connectivity index (χ1n) is 6.62. The molecular weight excluding hydrogens is 252 g/mol. The summed E-state index contributed by atoms with van der Waals surface area (Å²) in [6, 6.07) is 9.88. The number of rotatable bonds is 5. The first-order chi connectivity index (χ1) is 9.81. The van der Waals surface area contributed by atoms with E-state index in [1.807, 2.05) is 54.5 Å². The molecule has 6 heteroatoms. The van der Waals surface area contributed by atoms with Crippen molar-refractivity contribution in [3.8, 4) is 11.4 Å². The number of benzene rings is 1. The minimum absolute atomic E-state index is 0.673. The summed E-state index contributed by atoms with van der Waals surface area (Å²) < 4.78 is 1.82. The number of hydrogen-bond donors (Lipinski definition) is 0. The normalized spacial score (nSPS) is 10.8. The summed E-state index contributed by atoms with van der Waals surface area (Å²) in [5, 5.41) is 16.7. The van der Waals surface area contributed by atoms with Gasteiger partial charge in [-0.25, -0.2) is 0 Å². The minimum Gasteiger partial charge on any atom is -0.276 e. The fraction of sp³-hybridized carbons (Fsp3) is 0.286. The van der Waals surface area contributed by atoms with Crippen LogP contribution >= 0.6 is 0 Å². The van der Waals surface area contributed by atoms with Gasteiger partial charge in [-0.3, -0.25) is 4.68 Å². The SMILES string of the molecule is Cn1cc(CCCn2nnc(-c3ccccc3)n2)cn1. The summed E-state index contributed by atoms with van der Waals surface area (Å²) in [7, 11) is 1.93. The highest BCUT2D eigenvalue weighted by Gasteiger charge is 2.05. The van der Waals surface area contributed by atoms with E-state index < -0.39 is 0 Å². The van der Waals surface area contributed by atoms with E-state index in [1.54, 1.807) is 4.80 Å². The zero-order chi connectivity index (χ0) is 13.8. The molecule has 2 heterocycles. The van der Waals surface area contributed by atoms with Crippen molar-refractivity contribution in [1.82, 2.24) is 30.0 Å². The molecule has 3 rings (SSSR count). The van der Waals surface area contributed by atoms with Crippen LogP contribution in [0.25, 0.3) is 11.4 Å². The minimum atomic E-state index is 0.673. The standard InChI is InChI=1S/C14H16N6/c1-19-11-12(10-15-19)6-5-9-20-17-14(16-18-20)13-7-3-2-4-8-13/h2-4,7-8,10-11H,5-6,9H2,1H3. The molecule has 0 aliphatic heterocycles. The van der Waals surface area contributed by atoms with Crippen LogP contribution in [-0.2, 0) is 20.0 Å². The highest BCUT2D eigenvalue weighted by molar-refractivity contribution is 5.52. The fourth-order valence-electron chi connectivity index (χ4n) is 2.07. The van der Waals surface area contributed by atoms with Gasteiger partial charge in [-0.2, -0.15) is 9.90 Å². The largest absolute Gasteiger partial charge is 0.276 e. The summed E-state index contributed by atoms with van der Waals surface area (Å²) in [5.74, 6) is 0.673. The van der Waals surface area contributed by atoms with Gasteiger partial charge in [-0.05, 0) is 23.6 Å². The molecular formula is C14H16N6. The van der Waals surface area contributed by atoms with Crippen LogP contribution in [0.5, 0.6) is 0 Å². The number of hydrogen-bond acceptors (Lipinski definition) is 4. The molecule has 0 amide bonds. The quantitative estimate of drug-likeness (QED) is 0.706. The topological polar surface area (TPSA) is 61.4 Å². The van der Waals surface area contributed by atoms with Crippen LogP contribution < -0.4 is 0 Å². The Hall–Kier alpha value is -2.50. The lowest BCUT2D eigenvalue weighted by Crippen LogP contribution is -2.03. The molecule has 2 aromatic heterocycles. The van der Waals surface area contributed by atoms with E-state index in [4.69, 9.17) is 0 Å². The van der Waals surface area contributed by atoms with Crippen molar-refractivity contribution >= 4 is 0 Å². The maximum atomic E-state index is 4.39. The number of aromatic nitrogens is 6. The second-order valence-electron chi connectivity index (χ2n) is 4.70. The van der Waals surface area contributed by atoms with Crippen molar-refractivity contribution in [2.24, 2.45) is 7.05 Å². The number of tetrazole rings is 1. The van der Waals surface area contributed by atoms with Gasteiger partial charge in [0.05, 0.1) is 12.7 Å². The highest BCUT2D eigenvalue weighted by atomic mass is 15.6. The zero-order valence-electron chi connectivity index (χ0n) is 11.3. The summed E-state index contributed by atoms with van der Waals surface area (Å²) in [6.45, 7) is 0.759. The van der Waals surface area contributed by atoms with Gasteiger partial charge in [0.15, 0.2) is 0 Å². The van der Waals surface area contributed by atoms with E-state index in [0.717, 1.165) is 24.9 Å². The van der Waals surface area contributed by atoms with Crippen LogP contribution in [0.2, 0.25) is 0 Å². The molecule has 0 atom stereocenters. The predicted molar refractivity (Wildman–Crippen MR) is 74.8 cm³/mol. The third kappa shape index (κ3) is 2.90. The Balaban J connectivity index is 1.58. The lowest BCUT2D eigenvalue weighted by molar-refractivity contribution is 0.500. The summed E-state index contributed by atoms with van der Waals surface area (Å²) in [6.07, 6.45) is 5.86. The number of aryl methyl sites for hydroxylation is 3. The van der Waals surface area contributed by atoms with Gasteiger partial charge in [0.2, 0.25) is 5.82 Å². The Bertz CT molecular complexity index is 670. The smallest absolute Gasteiger partial charge is 0.204 e. The predicted octanol–water partition coefficient (Wildman–Crippen LogP) is 1.71. The first-order valence-corrected chi connectivity index (χ1v) is 6.62.